The molecule has 1 saturated heterocycles. The van der Waals surface area contributed by atoms with Crippen molar-refractivity contribution in [3.05, 3.63) is 30.4 Å². The number of hydrogen-bond donors (Lipinski definition) is 1. The first-order chi connectivity index (χ1) is 10.2. The van der Waals surface area contributed by atoms with E-state index in [1.165, 1.54) is 6.33 Å². The van der Waals surface area contributed by atoms with Gasteiger partial charge in [0.05, 0.1) is 0 Å². The van der Waals surface area contributed by atoms with Crippen LogP contribution in [0.25, 0.3) is 0 Å². The van der Waals surface area contributed by atoms with Crippen LogP contribution in [0, 0.1) is 0 Å². The molecule has 0 unspecified atom stereocenters. The molecule has 0 saturated carbocycles. The van der Waals surface area contributed by atoms with Crippen LogP contribution in [0.1, 0.15) is 30.4 Å². The lowest BCUT2D eigenvalue weighted by atomic mass is 10.2. The van der Waals surface area contributed by atoms with E-state index >= 15 is 0 Å². The average molecular weight is 288 g/mol. The summed E-state index contributed by atoms with van der Waals surface area (Å²) in [5.74, 6) is 0.874. The van der Waals surface area contributed by atoms with Crippen LogP contribution in [-0.2, 0) is 0 Å². The maximum Gasteiger partial charge on any atom is 0.270 e. The van der Waals surface area contributed by atoms with Gasteiger partial charge in [-0.15, -0.1) is 0 Å². The molecule has 2 aromatic heterocycles. The van der Waals surface area contributed by atoms with E-state index in [9.17, 15) is 4.79 Å². The summed E-state index contributed by atoms with van der Waals surface area (Å²) in [4.78, 5) is 20.8. The van der Waals surface area contributed by atoms with E-state index in [0.29, 0.717) is 13.1 Å². The summed E-state index contributed by atoms with van der Waals surface area (Å²) < 4.78 is 2.02. The smallest absolute Gasteiger partial charge is 0.270 e. The van der Waals surface area contributed by atoms with E-state index in [4.69, 9.17) is 0 Å². The first kappa shape index (κ1) is 13.7. The normalized spacial score (nSPS) is 15.8. The number of anilines is 1. The minimum Gasteiger partial charge on any atom is -0.341 e. The molecule has 0 aromatic carbocycles. The summed E-state index contributed by atoms with van der Waals surface area (Å²) in [7, 11) is 0. The minimum atomic E-state index is 0.103. The fraction of sp³-hybridized carbons (Fsp3) is 0.500. The van der Waals surface area contributed by atoms with Crippen molar-refractivity contribution in [3.63, 3.8) is 0 Å². The molecule has 112 valence electrons. The Balaban J connectivity index is 1.66. The zero-order chi connectivity index (χ0) is 14.8. The number of piperazine rings is 1. The van der Waals surface area contributed by atoms with Crippen LogP contribution in [0.4, 0.5) is 5.95 Å². The second-order valence-electron chi connectivity index (χ2n) is 5.48. The highest BCUT2D eigenvalue weighted by atomic mass is 16.2. The van der Waals surface area contributed by atoms with Crippen molar-refractivity contribution in [1.82, 2.24) is 24.6 Å². The number of aromatic amines is 1. The lowest BCUT2D eigenvalue weighted by Crippen LogP contribution is -2.49. The number of amides is 1. The number of rotatable bonds is 3. The second-order valence-corrected chi connectivity index (χ2v) is 5.48. The molecule has 1 aliphatic rings. The van der Waals surface area contributed by atoms with E-state index < -0.39 is 0 Å². The Kier molecular flexibility index (Phi) is 3.64. The molecule has 3 heterocycles. The van der Waals surface area contributed by atoms with Crippen molar-refractivity contribution >= 4 is 11.9 Å². The van der Waals surface area contributed by atoms with Gasteiger partial charge in [-0.3, -0.25) is 4.79 Å². The lowest BCUT2D eigenvalue weighted by Gasteiger charge is -2.34. The molecule has 1 fully saturated rings. The summed E-state index contributed by atoms with van der Waals surface area (Å²) in [5, 5.41) is 6.72. The molecule has 0 atom stereocenters. The molecule has 0 bridgehead atoms. The average Bonchev–Trinajstić information content (AvgIpc) is 3.18. The first-order valence-corrected chi connectivity index (χ1v) is 7.23. The highest BCUT2D eigenvalue weighted by Crippen LogP contribution is 2.16. The van der Waals surface area contributed by atoms with E-state index in [2.05, 4.69) is 33.9 Å². The topological polar surface area (TPSA) is 70.1 Å². The molecule has 1 N–H and O–H groups in total. The van der Waals surface area contributed by atoms with Crippen LogP contribution in [-0.4, -0.2) is 56.7 Å². The van der Waals surface area contributed by atoms with E-state index in [1.54, 1.807) is 0 Å². The van der Waals surface area contributed by atoms with Gasteiger partial charge >= 0.3 is 0 Å². The minimum absolute atomic E-state index is 0.103. The van der Waals surface area contributed by atoms with E-state index in [-0.39, 0.29) is 11.9 Å². The molecular formula is C14H20N6O. The number of hydrogen-bond acceptors (Lipinski definition) is 4. The molecule has 0 radical (unpaired) electrons. The van der Waals surface area contributed by atoms with Crippen LogP contribution in [0.5, 0.6) is 0 Å². The van der Waals surface area contributed by atoms with Gasteiger partial charge in [-0.25, -0.2) is 5.10 Å². The maximum absolute atomic E-state index is 12.6. The van der Waals surface area contributed by atoms with Crippen molar-refractivity contribution in [1.29, 1.82) is 0 Å². The van der Waals surface area contributed by atoms with Gasteiger partial charge in [-0.2, -0.15) is 10.1 Å². The molecule has 3 rings (SSSR count). The fourth-order valence-corrected chi connectivity index (χ4v) is 2.66. The third kappa shape index (κ3) is 2.63. The van der Waals surface area contributed by atoms with Crippen molar-refractivity contribution < 1.29 is 4.79 Å². The van der Waals surface area contributed by atoms with Crippen molar-refractivity contribution in [2.75, 3.05) is 31.1 Å². The number of aromatic nitrogens is 4. The maximum atomic E-state index is 12.6. The molecule has 2 aromatic rings. The van der Waals surface area contributed by atoms with Crippen LogP contribution in [0.3, 0.4) is 0 Å². The van der Waals surface area contributed by atoms with Crippen LogP contribution in [0.2, 0.25) is 0 Å². The molecular weight excluding hydrogens is 268 g/mol. The molecule has 7 heteroatoms. The largest absolute Gasteiger partial charge is 0.341 e. The molecule has 21 heavy (non-hydrogen) atoms. The summed E-state index contributed by atoms with van der Waals surface area (Å²) in [5.41, 5.74) is 0.762. The summed E-state index contributed by atoms with van der Waals surface area (Å²) >= 11 is 0. The summed E-state index contributed by atoms with van der Waals surface area (Å²) in [6.07, 6.45) is 3.46. The number of carbonyl (C=O) groups is 1. The molecule has 7 nitrogen and oxygen atoms in total. The zero-order valence-corrected chi connectivity index (χ0v) is 12.4. The molecule has 1 amide bonds. The van der Waals surface area contributed by atoms with Gasteiger partial charge in [-0.05, 0) is 26.0 Å². The second kappa shape index (κ2) is 5.59. The fourth-order valence-electron chi connectivity index (χ4n) is 2.66. The first-order valence-electron chi connectivity index (χ1n) is 7.23. The summed E-state index contributed by atoms with van der Waals surface area (Å²) in [6, 6.07) is 4.11. The SMILES string of the molecule is CC(C)n1cccc1C(=O)N1CCN(c2ncn[nH]2)CC1. The van der Waals surface area contributed by atoms with E-state index in [1.807, 2.05) is 27.8 Å². The van der Waals surface area contributed by atoms with Gasteiger partial charge in [0.2, 0.25) is 5.95 Å². The van der Waals surface area contributed by atoms with Gasteiger partial charge in [0.25, 0.3) is 5.91 Å². The Hall–Kier alpha value is -2.31. The highest BCUT2D eigenvalue weighted by molar-refractivity contribution is 5.93. The number of nitrogens with one attached hydrogen (secondary N) is 1. The lowest BCUT2D eigenvalue weighted by molar-refractivity contribution is 0.0733. The number of H-pyrrole nitrogens is 1. The van der Waals surface area contributed by atoms with Gasteiger partial charge in [-0.1, -0.05) is 0 Å². The summed E-state index contributed by atoms with van der Waals surface area (Å²) in [6.45, 7) is 7.09. The number of nitrogens with zero attached hydrogens (tertiary/aromatic N) is 5. The number of carbonyl (C=O) groups excluding carboxylic acids is 1. The van der Waals surface area contributed by atoms with Gasteiger partial charge in [0, 0.05) is 38.4 Å². The van der Waals surface area contributed by atoms with Crippen LogP contribution in [0.15, 0.2) is 24.7 Å². The Morgan fingerprint density at radius 3 is 2.67 bits per heavy atom. The Morgan fingerprint density at radius 1 is 1.29 bits per heavy atom. The van der Waals surface area contributed by atoms with Gasteiger partial charge in [0.15, 0.2) is 0 Å². The standard InChI is InChI=1S/C14H20N6O/c1-11(2)20-5-3-4-12(20)13(21)18-6-8-19(9-7-18)14-15-10-16-17-14/h3-5,10-11H,6-9H2,1-2H3,(H,15,16,17). The Bertz CT molecular complexity index is 595. The highest BCUT2D eigenvalue weighted by Gasteiger charge is 2.25. The van der Waals surface area contributed by atoms with E-state index in [0.717, 1.165) is 24.7 Å². The molecule has 0 aliphatic carbocycles. The van der Waals surface area contributed by atoms with Crippen molar-refractivity contribution in [2.24, 2.45) is 0 Å². The Morgan fingerprint density at radius 2 is 2.05 bits per heavy atom. The van der Waals surface area contributed by atoms with Crippen molar-refractivity contribution in [3.8, 4) is 0 Å². The van der Waals surface area contributed by atoms with Gasteiger partial charge in [0.1, 0.15) is 12.0 Å². The van der Waals surface area contributed by atoms with Crippen LogP contribution < -0.4 is 4.90 Å². The Labute approximate surface area is 123 Å². The van der Waals surface area contributed by atoms with Gasteiger partial charge < -0.3 is 14.4 Å². The van der Waals surface area contributed by atoms with Crippen LogP contribution >= 0.6 is 0 Å². The molecule has 0 spiro atoms. The van der Waals surface area contributed by atoms with Crippen molar-refractivity contribution in [2.45, 2.75) is 19.9 Å². The predicted octanol–water partition coefficient (Wildman–Crippen LogP) is 1.15. The molecule has 1 aliphatic heterocycles. The predicted molar refractivity (Wildman–Crippen MR) is 79.3 cm³/mol. The quantitative estimate of drug-likeness (QED) is 0.920. The zero-order valence-electron chi connectivity index (χ0n) is 12.4. The third-order valence-corrected chi connectivity index (χ3v) is 3.82. The third-order valence-electron chi connectivity index (χ3n) is 3.82. The monoisotopic (exact) mass is 288 g/mol.